The van der Waals surface area contributed by atoms with Gasteiger partial charge in [0, 0.05) is 33.8 Å². The third-order valence-corrected chi connectivity index (χ3v) is 23.6. The Bertz CT molecular complexity index is 2270. The molecule has 0 unspecified atom stereocenters. The number of aliphatic hydroxyl groups is 2. The van der Waals surface area contributed by atoms with Gasteiger partial charge < -0.3 is 64.3 Å². The third-order valence-electron chi connectivity index (χ3n) is 14.5. The average Bonchev–Trinajstić information content (AvgIpc) is 3.92. The monoisotopic (exact) mass is 1030 g/mol. The number of hydrogen-bond acceptors (Lipinski definition) is 13. The van der Waals surface area contributed by atoms with Crippen LogP contribution in [0.3, 0.4) is 0 Å². The number of ketones is 2. The van der Waals surface area contributed by atoms with Gasteiger partial charge in [0.25, 0.3) is 0 Å². The third kappa shape index (κ3) is 12.5. The van der Waals surface area contributed by atoms with Gasteiger partial charge in [0.15, 0.2) is 44.9 Å². The number of hydrogen-bond donors (Lipinski definition) is 6. The van der Waals surface area contributed by atoms with Crippen LogP contribution >= 0.6 is 0 Å². The molecule has 2 aromatic rings. The summed E-state index contributed by atoms with van der Waals surface area (Å²) in [5, 5.41) is 30.8. The van der Waals surface area contributed by atoms with Crippen molar-refractivity contribution < 1.29 is 62.0 Å². The number of rotatable bonds is 16. The van der Waals surface area contributed by atoms with Crippen molar-refractivity contribution in [2.24, 2.45) is 0 Å². The fraction of sp³-hybridized carbons (Fsp3) is 0.600. The first-order valence-corrected chi connectivity index (χ1v) is 29.6. The molecule has 394 valence electrons. The number of carbonyl (C=O) groups excluding carboxylic acids is 6. The van der Waals surface area contributed by atoms with E-state index in [1.165, 1.54) is 15.9 Å². The molecule has 21 heteroatoms. The quantitative estimate of drug-likeness (QED) is 0.0885. The van der Waals surface area contributed by atoms with E-state index in [1.54, 1.807) is 42.0 Å². The molecule has 1 aliphatic heterocycles. The first-order chi connectivity index (χ1) is 32.8. The Balaban J connectivity index is 0.000000309. The van der Waals surface area contributed by atoms with Crippen LogP contribution in [0.5, 0.6) is 0 Å². The molecule has 0 radical (unpaired) electrons. The molecule has 19 nitrogen and oxygen atoms in total. The van der Waals surface area contributed by atoms with Gasteiger partial charge in [0.1, 0.15) is 19.3 Å². The van der Waals surface area contributed by atoms with Gasteiger partial charge in [-0.25, -0.2) is 19.2 Å². The van der Waals surface area contributed by atoms with E-state index in [0.717, 1.165) is 11.1 Å². The van der Waals surface area contributed by atoms with E-state index in [-0.39, 0.29) is 28.9 Å². The fourth-order valence-electron chi connectivity index (χ4n) is 8.06. The van der Waals surface area contributed by atoms with Gasteiger partial charge in [-0.3, -0.25) is 9.59 Å². The van der Waals surface area contributed by atoms with Crippen molar-refractivity contribution in [3.63, 3.8) is 0 Å². The van der Waals surface area contributed by atoms with Gasteiger partial charge in [0.05, 0.1) is 37.5 Å². The number of epoxide rings is 1. The fourth-order valence-corrected chi connectivity index (χ4v) is 10.9. The minimum Gasteiger partial charge on any atom is -0.445 e. The molecule has 2 aromatic carbocycles. The lowest BCUT2D eigenvalue weighted by Crippen LogP contribution is -2.73. The molecule has 6 N–H and O–H groups in total. The number of alkyl carbamates (subject to hydrolysis) is 2. The molecule has 2 fully saturated rings. The molecule has 71 heavy (non-hydrogen) atoms. The zero-order valence-corrected chi connectivity index (χ0v) is 46.3. The van der Waals surface area contributed by atoms with Crippen LogP contribution in [0.25, 0.3) is 0 Å². The zero-order valence-electron chi connectivity index (χ0n) is 44.3. The van der Waals surface area contributed by atoms with E-state index in [2.05, 4.69) is 62.8 Å². The van der Waals surface area contributed by atoms with Crippen molar-refractivity contribution in [2.75, 3.05) is 41.4 Å². The highest BCUT2D eigenvalue weighted by Crippen LogP contribution is 2.54. The van der Waals surface area contributed by atoms with Crippen molar-refractivity contribution in [3.05, 3.63) is 83.4 Å². The van der Waals surface area contributed by atoms with E-state index < -0.39 is 113 Å². The highest BCUT2D eigenvalue weighted by atomic mass is 28.4. The number of amides is 6. The number of nitrogens with one attached hydrogen (secondary N) is 4. The summed E-state index contributed by atoms with van der Waals surface area (Å²) in [6, 6.07) is 15.3. The summed E-state index contributed by atoms with van der Waals surface area (Å²) in [5.41, 5.74) is -3.19. The molecule has 0 bridgehead atoms. The highest BCUT2D eigenvalue weighted by molar-refractivity contribution is 6.74. The summed E-state index contributed by atoms with van der Waals surface area (Å²) >= 11 is 0. The lowest BCUT2D eigenvalue weighted by molar-refractivity contribution is -0.136. The number of benzene rings is 2. The number of aliphatic hydroxyl groups excluding tert-OH is 2. The molecule has 0 aromatic heterocycles. The Morgan fingerprint density at radius 1 is 0.690 bits per heavy atom. The first-order valence-electron chi connectivity index (χ1n) is 23.8. The Kier molecular flexibility index (Phi) is 18.3. The SMILES string of the molecule is C[C@H](O[Si](C)(C)C(C)(C)C)[C@@]1(NC(=O)N(C)C)C(=O)C(CO)=C[C@@H]1NC(=O)OCc1ccccc1.C[C@H](O[Si](C)(C)C(C)(C)C)[C@@]1(NC(=O)N(C)C)C(=O)[C@]2(CO)O[C@@H]2[C@@H]1NC(=O)OCc1ccccc1. The van der Waals surface area contributed by atoms with Crippen LogP contribution in [0.4, 0.5) is 19.2 Å². The molecule has 6 amide bonds. The average molecular weight is 1030 g/mol. The summed E-state index contributed by atoms with van der Waals surface area (Å²) in [5.74, 6) is -1.04. The molecule has 3 aliphatic rings. The van der Waals surface area contributed by atoms with Gasteiger partial charge >= 0.3 is 24.2 Å². The van der Waals surface area contributed by atoms with Crippen molar-refractivity contribution in [3.8, 4) is 0 Å². The molecular weight excluding hydrogens is 949 g/mol. The van der Waals surface area contributed by atoms with E-state index in [9.17, 15) is 39.0 Å². The van der Waals surface area contributed by atoms with Gasteiger partial charge in [-0.2, -0.15) is 0 Å². The minimum atomic E-state index is -2.43. The van der Waals surface area contributed by atoms with Crippen LogP contribution in [0.15, 0.2) is 72.3 Å². The minimum absolute atomic E-state index is 0.0249. The molecule has 1 heterocycles. The number of nitrogens with zero attached hydrogens (tertiary/aromatic N) is 2. The molecule has 1 saturated carbocycles. The second kappa shape index (κ2) is 22.3. The molecule has 0 spiro atoms. The van der Waals surface area contributed by atoms with Crippen LogP contribution in [0.1, 0.15) is 66.5 Å². The predicted octanol–water partition coefficient (Wildman–Crippen LogP) is 5.62. The molecule has 8 atom stereocenters. The zero-order chi connectivity index (χ0) is 53.7. The van der Waals surface area contributed by atoms with Gasteiger partial charge in [-0.05, 0) is 61.2 Å². The Labute approximate surface area is 421 Å². The maximum atomic E-state index is 14.0. The second-order valence-electron chi connectivity index (χ2n) is 21.9. The van der Waals surface area contributed by atoms with E-state index in [4.69, 9.17) is 23.1 Å². The summed E-state index contributed by atoms with van der Waals surface area (Å²) in [7, 11) is 1.39. The number of fused-ring (bicyclic) bond motifs is 1. The van der Waals surface area contributed by atoms with Gasteiger partial charge in [-0.15, -0.1) is 0 Å². The molecule has 1 saturated heterocycles. The molecule has 5 rings (SSSR count). The Hall–Kier alpha value is -5.17. The van der Waals surface area contributed by atoms with Crippen molar-refractivity contribution in [1.29, 1.82) is 0 Å². The number of Topliss-reactive ketones (excluding diaryl/α,β-unsaturated/α-hetero) is 2. The Morgan fingerprint density at radius 2 is 1.10 bits per heavy atom. The second-order valence-corrected chi connectivity index (χ2v) is 31.4. The summed E-state index contributed by atoms with van der Waals surface area (Å²) in [6.45, 7) is 23.0. The van der Waals surface area contributed by atoms with Gasteiger partial charge in [-0.1, -0.05) is 108 Å². The van der Waals surface area contributed by atoms with Crippen LogP contribution in [-0.2, 0) is 45.9 Å². The normalized spacial score (nSPS) is 24.8. The summed E-state index contributed by atoms with van der Waals surface area (Å²) < 4.78 is 29.6. The van der Waals surface area contributed by atoms with E-state index >= 15 is 0 Å². The summed E-state index contributed by atoms with van der Waals surface area (Å²) in [6.07, 6.45) is -2.57. The van der Waals surface area contributed by atoms with E-state index in [0.29, 0.717) is 0 Å². The van der Waals surface area contributed by atoms with Crippen LogP contribution in [0.2, 0.25) is 36.3 Å². The number of urea groups is 2. The number of ether oxygens (including phenoxy) is 3. The lowest BCUT2D eigenvalue weighted by atomic mass is 9.84. The lowest BCUT2D eigenvalue weighted by Gasteiger charge is -2.46. The maximum Gasteiger partial charge on any atom is 0.408 e. The van der Waals surface area contributed by atoms with Crippen molar-refractivity contribution in [1.82, 2.24) is 31.1 Å². The Morgan fingerprint density at radius 3 is 1.49 bits per heavy atom. The smallest absolute Gasteiger partial charge is 0.408 e. The van der Waals surface area contributed by atoms with Crippen molar-refractivity contribution in [2.45, 2.75) is 152 Å². The highest BCUT2D eigenvalue weighted by Gasteiger charge is 2.82. The first kappa shape index (κ1) is 58.4. The van der Waals surface area contributed by atoms with Gasteiger partial charge in [0.2, 0.25) is 0 Å². The number of carbonyl (C=O) groups is 6. The van der Waals surface area contributed by atoms with Crippen LogP contribution < -0.4 is 21.3 Å². The topological polar surface area (TPSA) is 247 Å². The largest absolute Gasteiger partial charge is 0.445 e. The standard InChI is InChI=1S/C25H39N3O7Si.C25H39N3O6Si/c1-16(35-36(7,8)23(2,3)4)25(27-21(31)28(5)6)18(19-24(15-29,34-19)20(25)30)26-22(32)33-14-17-12-10-9-11-13-17;1-17(34-35(7,8)24(2,3)4)25(27-22(31)28(5)6)20(14-19(15-29)21(25)30)26-23(32)33-16-18-12-10-9-11-13-18/h9-13,16,18-19,29H,14-15H2,1-8H3,(H,26,32)(H,27,31);9-14,17,20,29H,15-16H2,1-8H3,(H,26,32)(H,27,31)/t16-,18-,19+,24+,25-;17-,20-,25-/m00/s1. The maximum absolute atomic E-state index is 14.0. The van der Waals surface area contributed by atoms with Crippen LogP contribution in [0, 0.1) is 0 Å². The molecular formula is C50H78N6O13Si2. The predicted molar refractivity (Wildman–Crippen MR) is 272 cm³/mol. The van der Waals surface area contributed by atoms with Crippen molar-refractivity contribution >= 4 is 52.4 Å². The molecule has 2 aliphatic carbocycles. The van der Waals surface area contributed by atoms with E-state index in [1.807, 2.05) is 86.9 Å². The van der Waals surface area contributed by atoms with Crippen LogP contribution in [-0.4, -0.2) is 161 Å². The summed E-state index contributed by atoms with van der Waals surface area (Å²) in [4.78, 5) is 81.6.